The molecule has 1 amide bonds. The molecule has 1 saturated heterocycles. The molecular weight excluding hydrogens is 306 g/mol. The Hall–Kier alpha value is -2.63. The average Bonchev–Trinajstić information content (AvgIpc) is 3.22. The maximum absolute atomic E-state index is 12.7. The Balaban J connectivity index is 1.79. The third kappa shape index (κ3) is 3.18. The van der Waals surface area contributed by atoms with E-state index in [9.17, 15) is 9.59 Å². The van der Waals surface area contributed by atoms with Crippen molar-refractivity contribution in [2.45, 2.75) is 26.3 Å². The first kappa shape index (κ1) is 16.2. The molecule has 0 spiro atoms. The Labute approximate surface area is 140 Å². The van der Waals surface area contributed by atoms with Gasteiger partial charge in [0.2, 0.25) is 0 Å². The molecule has 1 aromatic carbocycles. The summed E-state index contributed by atoms with van der Waals surface area (Å²) in [5.74, 6) is -1.41. The molecule has 1 N–H and O–H groups in total. The summed E-state index contributed by atoms with van der Waals surface area (Å²) in [7, 11) is 0. The molecule has 0 unspecified atom stereocenters. The minimum Gasteiger partial charge on any atom is -0.481 e. The summed E-state index contributed by atoms with van der Waals surface area (Å²) in [5.41, 5.74) is 2.60. The fraction of sp³-hybridized carbons (Fsp3) is 0.389. The SMILES string of the molecule is CCc1c(C(=O)N2CC[C@@H](C(=O)O)C2)cnn1Cc1ccccc1. The number of amides is 1. The summed E-state index contributed by atoms with van der Waals surface area (Å²) in [4.78, 5) is 25.4. The quantitative estimate of drug-likeness (QED) is 0.912. The van der Waals surface area contributed by atoms with Gasteiger partial charge in [-0.3, -0.25) is 14.3 Å². The van der Waals surface area contributed by atoms with Crippen LogP contribution >= 0.6 is 0 Å². The molecule has 0 aliphatic carbocycles. The smallest absolute Gasteiger partial charge is 0.308 e. The lowest BCUT2D eigenvalue weighted by atomic mass is 10.1. The Morgan fingerprint density at radius 2 is 2.04 bits per heavy atom. The molecular formula is C18H21N3O3. The fourth-order valence-electron chi connectivity index (χ4n) is 3.17. The zero-order valence-corrected chi connectivity index (χ0v) is 13.7. The number of rotatable bonds is 5. The van der Waals surface area contributed by atoms with Gasteiger partial charge in [-0.05, 0) is 18.4 Å². The van der Waals surface area contributed by atoms with Gasteiger partial charge in [-0.2, -0.15) is 5.10 Å². The van der Waals surface area contributed by atoms with Crippen molar-refractivity contribution in [3.63, 3.8) is 0 Å². The van der Waals surface area contributed by atoms with Crippen molar-refractivity contribution >= 4 is 11.9 Å². The zero-order chi connectivity index (χ0) is 17.1. The molecule has 1 atom stereocenters. The normalized spacial score (nSPS) is 17.2. The van der Waals surface area contributed by atoms with E-state index in [-0.39, 0.29) is 12.5 Å². The van der Waals surface area contributed by atoms with Gasteiger partial charge in [0.25, 0.3) is 5.91 Å². The van der Waals surface area contributed by atoms with Crippen LogP contribution < -0.4 is 0 Å². The largest absolute Gasteiger partial charge is 0.481 e. The van der Waals surface area contributed by atoms with Crippen LogP contribution in [0.5, 0.6) is 0 Å². The molecule has 6 heteroatoms. The summed E-state index contributed by atoms with van der Waals surface area (Å²) in [6.45, 7) is 3.39. The van der Waals surface area contributed by atoms with Gasteiger partial charge >= 0.3 is 5.97 Å². The van der Waals surface area contributed by atoms with Crippen LogP contribution in [0.4, 0.5) is 0 Å². The van der Waals surface area contributed by atoms with Crippen LogP contribution in [0.15, 0.2) is 36.5 Å². The van der Waals surface area contributed by atoms with Crippen molar-refractivity contribution in [3.05, 3.63) is 53.3 Å². The molecule has 24 heavy (non-hydrogen) atoms. The minimum absolute atomic E-state index is 0.116. The van der Waals surface area contributed by atoms with Crippen molar-refractivity contribution in [2.24, 2.45) is 5.92 Å². The van der Waals surface area contributed by atoms with Crippen LogP contribution in [-0.2, 0) is 17.8 Å². The van der Waals surface area contributed by atoms with E-state index in [0.29, 0.717) is 31.5 Å². The van der Waals surface area contributed by atoms with E-state index in [0.717, 1.165) is 11.3 Å². The third-order valence-electron chi connectivity index (χ3n) is 4.51. The molecule has 2 heterocycles. The summed E-state index contributed by atoms with van der Waals surface area (Å²) >= 11 is 0. The first-order valence-electron chi connectivity index (χ1n) is 8.20. The van der Waals surface area contributed by atoms with E-state index in [1.54, 1.807) is 11.1 Å². The minimum atomic E-state index is -0.833. The number of nitrogens with zero attached hydrogens (tertiary/aromatic N) is 3. The summed E-state index contributed by atoms with van der Waals surface area (Å²) in [6, 6.07) is 9.98. The van der Waals surface area contributed by atoms with E-state index in [1.165, 1.54) is 0 Å². The van der Waals surface area contributed by atoms with E-state index in [2.05, 4.69) is 5.10 Å². The number of carbonyl (C=O) groups is 2. The predicted molar refractivity (Wildman–Crippen MR) is 88.8 cm³/mol. The fourth-order valence-corrected chi connectivity index (χ4v) is 3.17. The zero-order valence-electron chi connectivity index (χ0n) is 13.7. The van der Waals surface area contributed by atoms with Crippen molar-refractivity contribution in [1.82, 2.24) is 14.7 Å². The Bertz CT molecular complexity index is 739. The molecule has 3 rings (SSSR count). The number of aliphatic carboxylic acids is 1. The second-order valence-electron chi connectivity index (χ2n) is 6.08. The van der Waals surface area contributed by atoms with Crippen LogP contribution in [0.1, 0.15) is 35.0 Å². The number of carboxylic acid groups (broad SMARTS) is 1. The Morgan fingerprint density at radius 3 is 2.67 bits per heavy atom. The van der Waals surface area contributed by atoms with Crippen LogP contribution in [0.2, 0.25) is 0 Å². The Morgan fingerprint density at radius 1 is 1.29 bits per heavy atom. The number of aromatic nitrogens is 2. The monoisotopic (exact) mass is 327 g/mol. The highest BCUT2D eigenvalue weighted by molar-refractivity contribution is 5.95. The number of carboxylic acids is 1. The molecule has 1 fully saturated rings. The van der Waals surface area contributed by atoms with Gasteiger partial charge in [0.15, 0.2) is 0 Å². The highest BCUT2D eigenvalue weighted by atomic mass is 16.4. The van der Waals surface area contributed by atoms with Gasteiger partial charge in [-0.15, -0.1) is 0 Å². The van der Waals surface area contributed by atoms with E-state index in [1.807, 2.05) is 41.9 Å². The van der Waals surface area contributed by atoms with E-state index >= 15 is 0 Å². The first-order chi connectivity index (χ1) is 11.6. The van der Waals surface area contributed by atoms with E-state index < -0.39 is 11.9 Å². The maximum Gasteiger partial charge on any atom is 0.308 e. The summed E-state index contributed by atoms with van der Waals surface area (Å²) < 4.78 is 1.85. The van der Waals surface area contributed by atoms with Crippen molar-refractivity contribution in [3.8, 4) is 0 Å². The topological polar surface area (TPSA) is 75.4 Å². The number of likely N-dealkylation sites (tertiary alicyclic amines) is 1. The van der Waals surface area contributed by atoms with Crippen molar-refractivity contribution in [2.75, 3.05) is 13.1 Å². The Kier molecular flexibility index (Phi) is 4.64. The molecule has 6 nitrogen and oxygen atoms in total. The first-order valence-corrected chi connectivity index (χ1v) is 8.20. The van der Waals surface area contributed by atoms with Crippen LogP contribution in [0.25, 0.3) is 0 Å². The molecule has 0 bridgehead atoms. The van der Waals surface area contributed by atoms with Crippen LogP contribution in [0.3, 0.4) is 0 Å². The molecule has 1 aliphatic rings. The average molecular weight is 327 g/mol. The van der Waals surface area contributed by atoms with Gasteiger partial charge in [0.05, 0.1) is 29.9 Å². The third-order valence-corrected chi connectivity index (χ3v) is 4.51. The van der Waals surface area contributed by atoms with Gasteiger partial charge in [0, 0.05) is 13.1 Å². The molecule has 1 aromatic heterocycles. The molecule has 0 saturated carbocycles. The second-order valence-corrected chi connectivity index (χ2v) is 6.08. The number of carbonyl (C=O) groups excluding carboxylic acids is 1. The highest BCUT2D eigenvalue weighted by Gasteiger charge is 2.32. The molecule has 126 valence electrons. The van der Waals surface area contributed by atoms with Gasteiger partial charge in [-0.1, -0.05) is 37.3 Å². The van der Waals surface area contributed by atoms with Gasteiger partial charge in [0.1, 0.15) is 0 Å². The van der Waals surface area contributed by atoms with Gasteiger partial charge < -0.3 is 10.0 Å². The maximum atomic E-state index is 12.7. The highest BCUT2D eigenvalue weighted by Crippen LogP contribution is 2.21. The molecule has 0 radical (unpaired) electrons. The summed E-state index contributed by atoms with van der Waals surface area (Å²) in [5, 5.41) is 13.5. The van der Waals surface area contributed by atoms with Crippen molar-refractivity contribution < 1.29 is 14.7 Å². The number of hydrogen-bond donors (Lipinski definition) is 1. The second kappa shape index (κ2) is 6.86. The van der Waals surface area contributed by atoms with Crippen molar-refractivity contribution in [1.29, 1.82) is 0 Å². The van der Waals surface area contributed by atoms with Crippen LogP contribution in [-0.4, -0.2) is 44.8 Å². The molecule has 2 aromatic rings. The summed E-state index contributed by atoms with van der Waals surface area (Å²) in [6.07, 6.45) is 2.82. The number of hydrogen-bond acceptors (Lipinski definition) is 3. The lowest BCUT2D eigenvalue weighted by molar-refractivity contribution is -0.141. The lowest BCUT2D eigenvalue weighted by Crippen LogP contribution is -2.30. The standard InChI is InChI=1S/C18H21N3O3/c1-2-16-15(17(22)20-9-8-14(12-20)18(23)24)10-19-21(16)11-13-6-4-3-5-7-13/h3-7,10,14H,2,8-9,11-12H2,1H3,(H,23,24)/t14-/m1/s1. The number of benzene rings is 1. The van der Waals surface area contributed by atoms with Crippen LogP contribution in [0, 0.1) is 5.92 Å². The predicted octanol–water partition coefficient (Wildman–Crippen LogP) is 2.04. The van der Waals surface area contributed by atoms with Gasteiger partial charge in [-0.25, -0.2) is 0 Å². The molecule has 1 aliphatic heterocycles. The van der Waals surface area contributed by atoms with E-state index in [4.69, 9.17) is 5.11 Å². The lowest BCUT2D eigenvalue weighted by Gasteiger charge is -2.16.